The number of nitro benzene ring substituents is 1. The first-order valence-corrected chi connectivity index (χ1v) is 10.1. The smallest absolute Gasteiger partial charge is 0.295 e. The van der Waals surface area contributed by atoms with Gasteiger partial charge in [-0.3, -0.25) is 14.7 Å². The van der Waals surface area contributed by atoms with E-state index in [9.17, 15) is 33.3 Å². The summed E-state index contributed by atoms with van der Waals surface area (Å²) in [5.74, 6) is -0.770. The van der Waals surface area contributed by atoms with E-state index in [-0.39, 0.29) is 27.9 Å². The van der Waals surface area contributed by atoms with Gasteiger partial charge in [0.25, 0.3) is 15.8 Å². The van der Waals surface area contributed by atoms with Gasteiger partial charge < -0.3 is 10.2 Å². The fourth-order valence-electron chi connectivity index (χ4n) is 3.21. The molecule has 0 aliphatic carbocycles. The Labute approximate surface area is 174 Å². The van der Waals surface area contributed by atoms with Crippen LogP contribution in [0.4, 0.5) is 17.1 Å². The number of phenolic OH excluding ortho intramolecular Hbond substituents is 2. The van der Waals surface area contributed by atoms with Crippen molar-refractivity contribution in [1.29, 1.82) is 0 Å². The second-order valence-corrected chi connectivity index (χ2v) is 7.95. The third-order valence-electron chi connectivity index (χ3n) is 4.66. The fraction of sp³-hybridized carbons (Fsp3) is 0. The van der Waals surface area contributed by atoms with Gasteiger partial charge in [0, 0.05) is 34.4 Å². The number of nitrogens with zero attached hydrogens (tertiary/aromatic N) is 3. The van der Waals surface area contributed by atoms with Gasteiger partial charge in [-0.1, -0.05) is 30.3 Å². The first-order valence-electron chi connectivity index (χ1n) is 8.71. The predicted octanol–water partition coefficient (Wildman–Crippen LogP) is 4.97. The summed E-state index contributed by atoms with van der Waals surface area (Å²) in [7, 11) is -4.80. The largest absolute Gasteiger partial charge is 0.506 e. The van der Waals surface area contributed by atoms with Crippen LogP contribution < -0.4 is 0 Å². The highest BCUT2D eigenvalue weighted by Crippen LogP contribution is 2.42. The summed E-state index contributed by atoms with van der Waals surface area (Å²) in [6.07, 6.45) is 0. The number of phenols is 2. The Balaban J connectivity index is 1.93. The minimum Gasteiger partial charge on any atom is -0.506 e. The van der Waals surface area contributed by atoms with Gasteiger partial charge in [0.2, 0.25) is 0 Å². The third kappa shape index (κ3) is 3.63. The van der Waals surface area contributed by atoms with Gasteiger partial charge in [0.15, 0.2) is 5.75 Å². The topological polar surface area (TPSA) is 163 Å². The number of aromatic hydroxyl groups is 2. The molecule has 0 spiro atoms. The fourth-order valence-corrected chi connectivity index (χ4v) is 3.92. The van der Waals surface area contributed by atoms with Crippen LogP contribution in [0.25, 0.3) is 21.5 Å². The summed E-state index contributed by atoms with van der Waals surface area (Å²) in [5.41, 5.74) is -0.518. The summed E-state index contributed by atoms with van der Waals surface area (Å²) < 4.78 is 32.9. The molecule has 4 aromatic carbocycles. The van der Waals surface area contributed by atoms with Gasteiger partial charge in [-0.05, 0) is 17.5 Å². The van der Waals surface area contributed by atoms with Gasteiger partial charge in [-0.25, -0.2) is 0 Å². The summed E-state index contributed by atoms with van der Waals surface area (Å²) >= 11 is 0. The number of hydrogen-bond donors (Lipinski definition) is 3. The van der Waals surface area contributed by atoms with Crippen LogP contribution in [0, 0.1) is 10.1 Å². The first-order chi connectivity index (χ1) is 14.7. The molecule has 3 N–H and O–H groups in total. The van der Waals surface area contributed by atoms with Crippen molar-refractivity contribution in [2.45, 2.75) is 4.90 Å². The maximum atomic E-state index is 11.7. The Bertz CT molecular complexity index is 1510. The van der Waals surface area contributed by atoms with Gasteiger partial charge in [-0.2, -0.15) is 8.42 Å². The molecule has 31 heavy (non-hydrogen) atoms. The molecule has 0 saturated heterocycles. The highest BCUT2D eigenvalue weighted by Gasteiger charge is 2.22. The minimum absolute atomic E-state index is 0.00209. The molecule has 0 aliphatic rings. The molecule has 0 unspecified atom stereocenters. The average molecular weight is 439 g/mol. The van der Waals surface area contributed by atoms with Crippen LogP contribution in [0.5, 0.6) is 11.5 Å². The van der Waals surface area contributed by atoms with Crippen LogP contribution in [-0.4, -0.2) is 28.1 Å². The molecule has 0 saturated carbocycles. The Morgan fingerprint density at radius 1 is 0.871 bits per heavy atom. The zero-order valence-corrected chi connectivity index (χ0v) is 16.3. The van der Waals surface area contributed by atoms with E-state index in [2.05, 4.69) is 10.2 Å². The quantitative estimate of drug-likeness (QED) is 0.175. The molecule has 0 atom stereocenters. The molecule has 156 valence electrons. The normalized spacial score (nSPS) is 12.0. The van der Waals surface area contributed by atoms with E-state index in [1.807, 2.05) is 6.07 Å². The van der Waals surface area contributed by atoms with E-state index in [1.165, 1.54) is 12.1 Å². The zero-order valence-electron chi connectivity index (χ0n) is 15.5. The van der Waals surface area contributed by atoms with E-state index in [4.69, 9.17) is 0 Å². The number of fused-ring (bicyclic) bond motifs is 2. The first kappa shape index (κ1) is 20.2. The second kappa shape index (κ2) is 7.31. The van der Waals surface area contributed by atoms with Crippen LogP contribution in [0.1, 0.15) is 0 Å². The van der Waals surface area contributed by atoms with Crippen LogP contribution in [-0.2, 0) is 10.1 Å². The highest BCUT2D eigenvalue weighted by atomic mass is 32.2. The maximum Gasteiger partial charge on any atom is 0.295 e. The molecule has 4 rings (SSSR count). The molecule has 0 aliphatic heterocycles. The Morgan fingerprint density at radius 2 is 1.61 bits per heavy atom. The molecule has 0 fully saturated rings. The van der Waals surface area contributed by atoms with Crippen LogP contribution in [0.2, 0.25) is 0 Å². The highest BCUT2D eigenvalue weighted by molar-refractivity contribution is 7.86. The number of nitro groups is 1. The molecule has 0 amide bonds. The molecule has 0 bridgehead atoms. The monoisotopic (exact) mass is 439 g/mol. The van der Waals surface area contributed by atoms with Crippen LogP contribution in [0.3, 0.4) is 0 Å². The number of azo groups is 1. The van der Waals surface area contributed by atoms with E-state index < -0.39 is 31.4 Å². The summed E-state index contributed by atoms with van der Waals surface area (Å²) in [4.78, 5) is 9.65. The third-order valence-corrected chi connectivity index (χ3v) is 5.55. The van der Waals surface area contributed by atoms with E-state index in [0.717, 1.165) is 23.6 Å². The van der Waals surface area contributed by atoms with E-state index in [1.54, 1.807) is 24.3 Å². The lowest BCUT2D eigenvalue weighted by molar-refractivity contribution is -0.384. The van der Waals surface area contributed by atoms with E-state index >= 15 is 0 Å². The van der Waals surface area contributed by atoms with Gasteiger partial charge in [0.05, 0.1) is 4.92 Å². The van der Waals surface area contributed by atoms with Gasteiger partial charge in [0.1, 0.15) is 22.0 Å². The predicted molar refractivity (Wildman–Crippen MR) is 112 cm³/mol. The van der Waals surface area contributed by atoms with Crippen molar-refractivity contribution in [3.63, 3.8) is 0 Å². The van der Waals surface area contributed by atoms with Crippen molar-refractivity contribution < 1.29 is 28.1 Å². The summed E-state index contributed by atoms with van der Waals surface area (Å²) in [6, 6.07) is 14.2. The Hall–Kier alpha value is -4.09. The average Bonchev–Trinajstić information content (AvgIpc) is 2.73. The van der Waals surface area contributed by atoms with Crippen molar-refractivity contribution >= 4 is 48.7 Å². The van der Waals surface area contributed by atoms with Crippen molar-refractivity contribution in [1.82, 2.24) is 0 Å². The molecule has 10 nitrogen and oxygen atoms in total. The van der Waals surface area contributed by atoms with E-state index in [0.29, 0.717) is 5.39 Å². The van der Waals surface area contributed by atoms with Gasteiger partial charge in [-0.15, -0.1) is 10.2 Å². The minimum atomic E-state index is -4.80. The second-order valence-electron chi connectivity index (χ2n) is 6.56. The number of rotatable bonds is 4. The van der Waals surface area contributed by atoms with Gasteiger partial charge >= 0.3 is 0 Å². The lowest BCUT2D eigenvalue weighted by Gasteiger charge is -2.09. The Kier molecular flexibility index (Phi) is 4.76. The number of hydrogen-bond acceptors (Lipinski definition) is 8. The standard InChI is InChI=1S/C20H13N3O7S/c24-17-10-18(31(28,29)30)15-9-12(23(26)27)6-7-14(15)19(17)22-21-16-8-5-11-3-1-2-4-13(11)20(16)25/h1-10,24-25H,(H,28,29,30). The molecular formula is C20H13N3O7S. The SMILES string of the molecule is O=[N+]([O-])c1ccc2c(N=Nc3ccc4ccccc4c3O)c(O)cc(S(=O)(=O)O)c2c1. The molecule has 0 aromatic heterocycles. The molecule has 0 heterocycles. The molecular weight excluding hydrogens is 426 g/mol. The van der Waals surface area contributed by atoms with Crippen LogP contribution in [0.15, 0.2) is 75.8 Å². The maximum absolute atomic E-state index is 11.7. The number of benzene rings is 4. The van der Waals surface area contributed by atoms with Crippen LogP contribution >= 0.6 is 0 Å². The lowest BCUT2D eigenvalue weighted by Crippen LogP contribution is -2.00. The zero-order chi connectivity index (χ0) is 22.3. The van der Waals surface area contributed by atoms with Crippen molar-refractivity contribution in [3.05, 3.63) is 70.8 Å². The molecule has 0 radical (unpaired) electrons. The lowest BCUT2D eigenvalue weighted by atomic mass is 10.1. The van der Waals surface area contributed by atoms with Crippen molar-refractivity contribution in [2.75, 3.05) is 0 Å². The van der Waals surface area contributed by atoms with Crippen molar-refractivity contribution in [2.24, 2.45) is 10.2 Å². The summed E-state index contributed by atoms with van der Waals surface area (Å²) in [5, 5.41) is 40.9. The van der Waals surface area contributed by atoms with Crippen molar-refractivity contribution in [3.8, 4) is 11.5 Å². The Morgan fingerprint density at radius 3 is 2.32 bits per heavy atom. The number of non-ortho nitro benzene ring substituents is 1. The summed E-state index contributed by atoms with van der Waals surface area (Å²) in [6.45, 7) is 0. The molecule has 4 aromatic rings. The molecule has 11 heteroatoms.